The number of aliphatic hydroxyl groups excluding tert-OH is 1. The Morgan fingerprint density at radius 1 is 1.07 bits per heavy atom. The van der Waals surface area contributed by atoms with Crippen molar-refractivity contribution in [2.75, 3.05) is 13.3 Å². The number of hydrogen-bond donors (Lipinski definition) is 1. The van der Waals surface area contributed by atoms with Crippen LogP contribution in [0.25, 0.3) is 0 Å². The molecular weight excluding hydrogens is 411 g/mol. The summed E-state index contributed by atoms with van der Waals surface area (Å²) >= 11 is 0. The van der Waals surface area contributed by atoms with E-state index in [4.69, 9.17) is 4.74 Å². The van der Waals surface area contributed by atoms with E-state index in [0.717, 1.165) is 16.8 Å². The van der Waals surface area contributed by atoms with Crippen LogP contribution in [0.2, 0.25) is 0 Å². The molecule has 0 fully saturated rings. The number of alkyl halides is 7. The van der Waals surface area contributed by atoms with E-state index in [1.165, 1.54) is 12.1 Å². The first-order valence-electron chi connectivity index (χ1n) is 8.23. The van der Waals surface area contributed by atoms with E-state index in [9.17, 15) is 40.6 Å². The van der Waals surface area contributed by atoms with Crippen molar-refractivity contribution in [1.29, 1.82) is 0 Å². The largest absolute Gasteiger partial charge is 0.479 e. The minimum absolute atomic E-state index is 0.413. The maximum Gasteiger partial charge on any atom is 0.458 e. The summed E-state index contributed by atoms with van der Waals surface area (Å²) in [5.41, 5.74) is -5.14. The van der Waals surface area contributed by atoms with Crippen LogP contribution in [0, 0.1) is 0 Å². The first-order valence-corrected chi connectivity index (χ1v) is 8.23. The molecule has 0 saturated carbocycles. The maximum absolute atomic E-state index is 13.8. The molecule has 0 spiro atoms. The van der Waals surface area contributed by atoms with Gasteiger partial charge < -0.3 is 14.4 Å². The van der Waals surface area contributed by atoms with Gasteiger partial charge in [0, 0.05) is 23.4 Å². The highest BCUT2D eigenvalue weighted by atomic mass is 19.4. The van der Waals surface area contributed by atoms with Gasteiger partial charge in [0.1, 0.15) is 25.2 Å². The normalized spacial score (nSPS) is 21.4. The number of benzene rings is 1. The summed E-state index contributed by atoms with van der Waals surface area (Å²) < 4.78 is 99.0. The molecule has 1 N–H and O–H groups in total. The molecule has 4 nitrogen and oxygen atoms in total. The lowest BCUT2D eigenvalue weighted by atomic mass is 9.84. The molecule has 0 radical (unpaired) electrons. The fraction of sp³-hybridized carbons (Fsp3) is 0.389. The summed E-state index contributed by atoms with van der Waals surface area (Å²) in [6.45, 7) is -3.08. The minimum atomic E-state index is -5.91. The summed E-state index contributed by atoms with van der Waals surface area (Å²) in [7, 11) is 0. The standard InChI is InChI=1S/C18H14F7NO3/c19-8-16(9-20)15(28)14(26-6-2-1-3-13(26)27)11-7-10(4-5-12(11)29-16)17(21,22)18(23,24)25/h1-7,14-15,28H,8-9H2/t14-,15+/m0/s1. The molecule has 0 bridgehead atoms. The SMILES string of the molecule is O=c1ccccn1[C@H]1c2cc(C(F)(F)C(F)(F)F)ccc2OC(CF)(CF)[C@@H]1O. The van der Waals surface area contributed by atoms with Crippen molar-refractivity contribution in [3.8, 4) is 5.75 Å². The Hall–Kier alpha value is -2.56. The van der Waals surface area contributed by atoms with Crippen molar-refractivity contribution in [3.63, 3.8) is 0 Å². The third-order valence-electron chi connectivity index (χ3n) is 4.80. The van der Waals surface area contributed by atoms with Crippen LogP contribution in [0.3, 0.4) is 0 Å². The maximum atomic E-state index is 13.8. The van der Waals surface area contributed by atoms with Gasteiger partial charge in [-0.3, -0.25) is 4.79 Å². The van der Waals surface area contributed by atoms with Gasteiger partial charge in [-0.2, -0.15) is 22.0 Å². The molecule has 29 heavy (non-hydrogen) atoms. The van der Waals surface area contributed by atoms with Crippen LogP contribution in [-0.2, 0) is 5.92 Å². The van der Waals surface area contributed by atoms with Crippen LogP contribution >= 0.6 is 0 Å². The van der Waals surface area contributed by atoms with Crippen LogP contribution in [0.15, 0.2) is 47.4 Å². The number of hydrogen-bond acceptors (Lipinski definition) is 3. The van der Waals surface area contributed by atoms with Gasteiger partial charge in [-0.05, 0) is 24.3 Å². The lowest BCUT2D eigenvalue weighted by Crippen LogP contribution is -2.59. The van der Waals surface area contributed by atoms with Crippen molar-refractivity contribution in [2.24, 2.45) is 0 Å². The smallest absolute Gasteiger partial charge is 0.458 e. The van der Waals surface area contributed by atoms with Gasteiger partial charge in [-0.1, -0.05) is 6.07 Å². The number of nitrogens with zero attached hydrogens (tertiary/aromatic N) is 1. The van der Waals surface area contributed by atoms with Gasteiger partial charge >= 0.3 is 12.1 Å². The molecule has 1 aromatic carbocycles. The number of aromatic nitrogens is 1. The van der Waals surface area contributed by atoms with Crippen LogP contribution in [0.1, 0.15) is 17.2 Å². The molecule has 3 rings (SSSR count). The van der Waals surface area contributed by atoms with E-state index >= 15 is 0 Å². The number of aliphatic hydroxyl groups is 1. The highest BCUT2D eigenvalue weighted by Gasteiger charge is 2.59. The van der Waals surface area contributed by atoms with Crippen molar-refractivity contribution >= 4 is 0 Å². The van der Waals surface area contributed by atoms with Crippen molar-refractivity contribution in [1.82, 2.24) is 4.57 Å². The second kappa shape index (κ2) is 7.05. The Morgan fingerprint density at radius 3 is 2.28 bits per heavy atom. The average Bonchev–Trinajstić information content (AvgIpc) is 2.67. The number of pyridine rings is 1. The monoisotopic (exact) mass is 425 g/mol. The molecule has 1 aliphatic rings. The molecule has 0 unspecified atom stereocenters. The van der Waals surface area contributed by atoms with Crippen molar-refractivity contribution < 1.29 is 40.6 Å². The van der Waals surface area contributed by atoms with E-state index in [1.54, 1.807) is 0 Å². The summed E-state index contributed by atoms with van der Waals surface area (Å²) in [4.78, 5) is 12.2. The fourth-order valence-electron chi connectivity index (χ4n) is 3.19. The molecule has 158 valence electrons. The second-order valence-electron chi connectivity index (χ2n) is 6.59. The predicted octanol–water partition coefficient (Wildman–Crippen LogP) is 3.52. The van der Waals surface area contributed by atoms with Gasteiger partial charge in [0.05, 0.1) is 6.04 Å². The Bertz CT molecular complexity index is 953. The van der Waals surface area contributed by atoms with Gasteiger partial charge in [0.2, 0.25) is 0 Å². The fourth-order valence-corrected chi connectivity index (χ4v) is 3.19. The minimum Gasteiger partial charge on any atom is -0.479 e. The molecule has 2 heterocycles. The molecule has 0 aliphatic carbocycles. The third kappa shape index (κ3) is 3.26. The highest BCUT2D eigenvalue weighted by Crippen LogP contribution is 2.48. The van der Waals surface area contributed by atoms with Gasteiger partial charge in [0.15, 0.2) is 5.60 Å². The first-order chi connectivity index (χ1) is 13.5. The molecule has 1 aliphatic heterocycles. The van der Waals surface area contributed by atoms with Crippen LogP contribution < -0.4 is 10.3 Å². The molecule has 11 heteroatoms. The zero-order valence-electron chi connectivity index (χ0n) is 14.5. The summed E-state index contributed by atoms with van der Waals surface area (Å²) in [6.07, 6.45) is -6.89. The van der Waals surface area contributed by atoms with E-state index in [-0.39, 0.29) is 0 Å². The van der Waals surface area contributed by atoms with E-state index in [0.29, 0.717) is 18.2 Å². The average molecular weight is 425 g/mol. The lowest BCUT2D eigenvalue weighted by molar-refractivity contribution is -0.289. The predicted molar refractivity (Wildman–Crippen MR) is 86.5 cm³/mol. The number of rotatable bonds is 4. The molecule has 0 amide bonds. The Labute approximate surface area is 159 Å². The van der Waals surface area contributed by atoms with Crippen molar-refractivity contribution in [2.45, 2.75) is 29.8 Å². The Balaban J connectivity index is 2.27. The van der Waals surface area contributed by atoms with Gasteiger partial charge in [-0.15, -0.1) is 0 Å². The zero-order valence-corrected chi connectivity index (χ0v) is 14.5. The molecule has 0 saturated heterocycles. The third-order valence-corrected chi connectivity index (χ3v) is 4.80. The molecular formula is C18H14F7NO3. The van der Waals surface area contributed by atoms with Gasteiger partial charge in [-0.25, -0.2) is 8.78 Å². The molecule has 2 aromatic rings. The topological polar surface area (TPSA) is 51.5 Å². The summed E-state index contributed by atoms with van der Waals surface area (Å²) in [5.74, 6) is -5.67. The zero-order chi connectivity index (χ0) is 21.6. The molecule has 1 aromatic heterocycles. The number of ether oxygens (including phenoxy) is 1. The van der Waals surface area contributed by atoms with Crippen LogP contribution in [-0.4, -0.2) is 40.9 Å². The quantitative estimate of drug-likeness (QED) is 0.763. The lowest BCUT2D eigenvalue weighted by Gasteiger charge is -2.43. The highest BCUT2D eigenvalue weighted by molar-refractivity contribution is 5.45. The number of halogens is 7. The molecule has 2 atom stereocenters. The second-order valence-corrected chi connectivity index (χ2v) is 6.59. The van der Waals surface area contributed by atoms with Gasteiger partial charge in [0.25, 0.3) is 5.56 Å². The number of fused-ring (bicyclic) bond motifs is 1. The summed E-state index contributed by atoms with van der Waals surface area (Å²) in [6, 6.07) is 3.54. The summed E-state index contributed by atoms with van der Waals surface area (Å²) in [5, 5.41) is 10.6. The van der Waals surface area contributed by atoms with Crippen LogP contribution in [0.5, 0.6) is 5.75 Å². The Morgan fingerprint density at radius 2 is 1.72 bits per heavy atom. The van der Waals surface area contributed by atoms with Crippen molar-refractivity contribution in [3.05, 3.63) is 64.1 Å². The van der Waals surface area contributed by atoms with Crippen LogP contribution in [0.4, 0.5) is 30.7 Å². The van der Waals surface area contributed by atoms with E-state index in [1.807, 2.05) is 0 Å². The Kier molecular flexibility index (Phi) is 5.14. The van der Waals surface area contributed by atoms with E-state index < -0.39 is 65.6 Å². The van der Waals surface area contributed by atoms with E-state index in [2.05, 4.69) is 0 Å². The first kappa shape index (κ1) is 21.2.